The summed E-state index contributed by atoms with van der Waals surface area (Å²) in [7, 11) is 0. The third-order valence-electron chi connectivity index (χ3n) is 3.72. The largest absolute Gasteiger partial charge is 0.477 e. The number of carbonyl (C=O) groups is 1. The number of hydrogen-bond donors (Lipinski definition) is 2. The minimum absolute atomic E-state index is 0.0300. The van der Waals surface area contributed by atoms with Crippen LogP contribution in [-0.4, -0.2) is 16.1 Å². The molecule has 3 aromatic rings. The minimum atomic E-state index is -1.50. The third kappa shape index (κ3) is 2.98. The molecule has 0 atom stereocenters. The van der Waals surface area contributed by atoms with Gasteiger partial charge in [0.2, 0.25) is 5.43 Å². The summed E-state index contributed by atoms with van der Waals surface area (Å²) in [6.07, 6.45) is 0.427. The van der Waals surface area contributed by atoms with Crippen LogP contribution in [0.4, 0.5) is 17.6 Å². The van der Waals surface area contributed by atoms with Gasteiger partial charge in [0.15, 0.2) is 0 Å². The molecule has 128 valence electrons. The van der Waals surface area contributed by atoms with Crippen LogP contribution in [0.25, 0.3) is 10.9 Å². The number of pyridine rings is 1. The zero-order chi connectivity index (χ0) is 18.3. The van der Waals surface area contributed by atoms with E-state index in [4.69, 9.17) is 5.11 Å². The smallest absolute Gasteiger partial charge is 0.341 e. The first-order valence-electron chi connectivity index (χ1n) is 6.98. The van der Waals surface area contributed by atoms with Crippen molar-refractivity contribution in [1.82, 2.24) is 4.98 Å². The first-order chi connectivity index (χ1) is 11.8. The number of rotatable bonds is 3. The lowest BCUT2D eigenvalue weighted by Gasteiger charge is -2.08. The van der Waals surface area contributed by atoms with Crippen molar-refractivity contribution in [3.8, 4) is 0 Å². The number of halogens is 4. The van der Waals surface area contributed by atoms with Crippen LogP contribution >= 0.6 is 0 Å². The molecule has 2 N–H and O–H groups in total. The average molecular weight is 351 g/mol. The molecule has 4 nitrogen and oxygen atoms in total. The Bertz CT molecular complexity index is 1050. The maximum absolute atomic E-state index is 14.2. The van der Waals surface area contributed by atoms with E-state index in [1.165, 1.54) is 0 Å². The molecule has 0 aliphatic carbocycles. The Labute approximate surface area is 137 Å². The molecule has 0 saturated carbocycles. The van der Waals surface area contributed by atoms with Crippen molar-refractivity contribution in [1.29, 1.82) is 0 Å². The van der Waals surface area contributed by atoms with E-state index >= 15 is 0 Å². The Morgan fingerprint density at radius 1 is 1.00 bits per heavy atom. The SMILES string of the molecule is O=C(O)c1c[nH]c2c(F)cc(Cc3c(F)cc(F)cc3F)cc2c1=O. The zero-order valence-electron chi connectivity index (χ0n) is 12.4. The molecule has 0 aliphatic heterocycles. The van der Waals surface area contributed by atoms with Gasteiger partial charge in [0.1, 0.15) is 28.8 Å². The van der Waals surface area contributed by atoms with Crippen LogP contribution in [0.1, 0.15) is 21.5 Å². The predicted molar refractivity (Wildman–Crippen MR) is 80.6 cm³/mol. The summed E-state index contributed by atoms with van der Waals surface area (Å²) in [6.45, 7) is 0. The molecule has 0 bridgehead atoms. The van der Waals surface area contributed by atoms with Gasteiger partial charge in [0, 0.05) is 35.7 Å². The van der Waals surface area contributed by atoms with Gasteiger partial charge in [-0.15, -0.1) is 0 Å². The first kappa shape index (κ1) is 16.7. The van der Waals surface area contributed by atoms with Gasteiger partial charge < -0.3 is 10.1 Å². The summed E-state index contributed by atoms with van der Waals surface area (Å²) in [5, 5.41) is 8.68. The summed E-state index contributed by atoms with van der Waals surface area (Å²) in [4.78, 5) is 25.5. The summed E-state index contributed by atoms with van der Waals surface area (Å²) >= 11 is 0. The highest BCUT2D eigenvalue weighted by Crippen LogP contribution is 2.22. The molecule has 25 heavy (non-hydrogen) atoms. The molecule has 0 amide bonds. The number of aromatic nitrogens is 1. The number of H-pyrrole nitrogens is 1. The van der Waals surface area contributed by atoms with Gasteiger partial charge in [0.25, 0.3) is 0 Å². The van der Waals surface area contributed by atoms with Gasteiger partial charge in [-0.05, 0) is 17.7 Å². The van der Waals surface area contributed by atoms with E-state index in [1.807, 2.05) is 0 Å². The molecular weight excluding hydrogens is 342 g/mol. The molecule has 0 fully saturated rings. The maximum Gasteiger partial charge on any atom is 0.341 e. The van der Waals surface area contributed by atoms with Crippen LogP contribution in [-0.2, 0) is 6.42 Å². The van der Waals surface area contributed by atoms with Crippen molar-refractivity contribution in [2.24, 2.45) is 0 Å². The lowest BCUT2D eigenvalue weighted by Crippen LogP contribution is -2.16. The van der Waals surface area contributed by atoms with Crippen molar-refractivity contribution in [3.05, 3.63) is 80.6 Å². The van der Waals surface area contributed by atoms with Crippen LogP contribution in [0, 0.1) is 23.3 Å². The fourth-order valence-corrected chi connectivity index (χ4v) is 2.55. The second-order valence-electron chi connectivity index (χ2n) is 5.36. The lowest BCUT2D eigenvalue weighted by atomic mass is 10.0. The van der Waals surface area contributed by atoms with E-state index in [0.717, 1.165) is 18.3 Å². The number of nitrogens with one attached hydrogen (secondary N) is 1. The highest BCUT2D eigenvalue weighted by molar-refractivity contribution is 5.92. The zero-order valence-corrected chi connectivity index (χ0v) is 12.4. The van der Waals surface area contributed by atoms with Crippen molar-refractivity contribution in [3.63, 3.8) is 0 Å². The Hall–Kier alpha value is -3.16. The minimum Gasteiger partial charge on any atom is -0.477 e. The number of aromatic amines is 1. The summed E-state index contributed by atoms with van der Waals surface area (Å²) in [5.74, 6) is -5.77. The molecular formula is C17H9F4NO3. The van der Waals surface area contributed by atoms with E-state index in [0.29, 0.717) is 12.1 Å². The first-order valence-corrected chi connectivity index (χ1v) is 6.98. The molecule has 0 saturated heterocycles. The van der Waals surface area contributed by atoms with E-state index < -0.39 is 52.2 Å². The van der Waals surface area contributed by atoms with Crippen LogP contribution in [0.2, 0.25) is 0 Å². The Morgan fingerprint density at radius 3 is 2.24 bits per heavy atom. The average Bonchev–Trinajstić information content (AvgIpc) is 2.51. The highest BCUT2D eigenvalue weighted by atomic mass is 19.1. The molecule has 0 radical (unpaired) electrons. The number of hydrogen-bond acceptors (Lipinski definition) is 2. The van der Waals surface area contributed by atoms with Gasteiger partial charge in [-0.2, -0.15) is 0 Å². The summed E-state index contributed by atoms with van der Waals surface area (Å²) in [5.41, 5.74) is -2.21. The van der Waals surface area contributed by atoms with Crippen LogP contribution in [0.5, 0.6) is 0 Å². The van der Waals surface area contributed by atoms with Crippen LogP contribution in [0.3, 0.4) is 0 Å². The molecule has 0 unspecified atom stereocenters. The molecule has 0 spiro atoms. The number of aromatic carboxylic acids is 1. The fourth-order valence-electron chi connectivity index (χ4n) is 2.55. The van der Waals surface area contributed by atoms with Gasteiger partial charge >= 0.3 is 5.97 Å². The second-order valence-corrected chi connectivity index (χ2v) is 5.36. The molecule has 1 heterocycles. The van der Waals surface area contributed by atoms with E-state index in [-0.39, 0.29) is 16.5 Å². The van der Waals surface area contributed by atoms with Gasteiger partial charge in [-0.1, -0.05) is 0 Å². The van der Waals surface area contributed by atoms with Crippen molar-refractivity contribution in [2.75, 3.05) is 0 Å². The number of benzene rings is 2. The second kappa shape index (κ2) is 6.04. The Morgan fingerprint density at radius 2 is 1.64 bits per heavy atom. The molecule has 8 heteroatoms. The topological polar surface area (TPSA) is 70.2 Å². The molecule has 0 aliphatic rings. The number of carboxylic acids is 1. The maximum atomic E-state index is 14.2. The summed E-state index contributed by atoms with van der Waals surface area (Å²) < 4.78 is 54.6. The molecule has 1 aromatic heterocycles. The number of fused-ring (bicyclic) bond motifs is 1. The van der Waals surface area contributed by atoms with Crippen LogP contribution < -0.4 is 5.43 Å². The van der Waals surface area contributed by atoms with Gasteiger partial charge in [-0.25, -0.2) is 22.4 Å². The van der Waals surface area contributed by atoms with E-state index in [9.17, 15) is 27.2 Å². The summed E-state index contributed by atoms with van der Waals surface area (Å²) in [6, 6.07) is 3.09. The van der Waals surface area contributed by atoms with Crippen molar-refractivity contribution >= 4 is 16.9 Å². The highest BCUT2D eigenvalue weighted by Gasteiger charge is 2.17. The fraction of sp³-hybridized carbons (Fsp3) is 0.0588. The molecule has 3 rings (SSSR count). The van der Waals surface area contributed by atoms with Crippen molar-refractivity contribution < 1.29 is 27.5 Å². The molecule has 2 aromatic carbocycles. The number of carboxylic acid groups (broad SMARTS) is 1. The van der Waals surface area contributed by atoms with E-state index in [1.54, 1.807) is 0 Å². The van der Waals surface area contributed by atoms with Crippen LogP contribution in [0.15, 0.2) is 35.3 Å². The Kier molecular flexibility index (Phi) is 4.03. The predicted octanol–water partition coefficient (Wildman–Crippen LogP) is 3.37. The van der Waals surface area contributed by atoms with Crippen molar-refractivity contribution in [2.45, 2.75) is 6.42 Å². The van der Waals surface area contributed by atoms with Gasteiger partial charge in [0.05, 0.1) is 5.52 Å². The third-order valence-corrected chi connectivity index (χ3v) is 3.72. The normalized spacial score (nSPS) is 11.0. The lowest BCUT2D eigenvalue weighted by molar-refractivity contribution is 0.0695. The van der Waals surface area contributed by atoms with Gasteiger partial charge in [-0.3, -0.25) is 4.79 Å². The quantitative estimate of drug-likeness (QED) is 0.711. The Balaban J connectivity index is 2.17. The monoisotopic (exact) mass is 351 g/mol. The standard InChI is InChI=1S/C17H9F4NO3/c18-8-4-12(19)9(13(20)5-8)1-7-2-10-15(14(21)3-7)22-6-11(16(10)23)17(24)25/h2-6H,1H2,(H,22,23)(H,24,25). The van der Waals surface area contributed by atoms with E-state index in [2.05, 4.69) is 4.98 Å².